The Balaban J connectivity index is 0.00000300. The van der Waals surface area contributed by atoms with Crippen molar-refractivity contribution in [3.63, 3.8) is 0 Å². The van der Waals surface area contributed by atoms with Crippen molar-refractivity contribution in [2.24, 2.45) is 10.9 Å². The number of rotatable bonds is 8. The van der Waals surface area contributed by atoms with Crippen LogP contribution in [-0.4, -0.2) is 64.2 Å². The summed E-state index contributed by atoms with van der Waals surface area (Å²) in [7, 11) is 0. The summed E-state index contributed by atoms with van der Waals surface area (Å²) >= 11 is 0. The summed E-state index contributed by atoms with van der Waals surface area (Å²) in [6.45, 7) is 11.9. The van der Waals surface area contributed by atoms with Crippen LogP contribution in [0.1, 0.15) is 45.9 Å². The summed E-state index contributed by atoms with van der Waals surface area (Å²) in [6.07, 6.45) is 6.22. The van der Waals surface area contributed by atoms with Crippen LogP contribution in [0.4, 0.5) is 0 Å². The third-order valence-electron chi connectivity index (χ3n) is 5.11. The normalized spacial score (nSPS) is 16.2. The standard InChI is InChI=1S/C21H35N7.HI/c1-4-22-21(24-18-10-14-27(15-11-18)16-17(2)3)23-12-7-9-20-26-25-19-8-5-6-13-28(19)20;/h5-6,8,13,17-18H,4,7,9-12,14-16H2,1-3H3,(H2,22,23,24);1H. The van der Waals surface area contributed by atoms with Crippen LogP contribution in [0.2, 0.25) is 0 Å². The summed E-state index contributed by atoms with van der Waals surface area (Å²) in [5.74, 6) is 2.68. The number of halogens is 1. The molecule has 1 aliphatic heterocycles. The lowest BCUT2D eigenvalue weighted by atomic mass is 10.0. The SMILES string of the molecule is CCNC(=NCCCc1nnc2ccccn12)NC1CCN(CC(C)C)CC1.I. The second-order valence-corrected chi connectivity index (χ2v) is 8.02. The van der Waals surface area contributed by atoms with Gasteiger partial charge in [-0.3, -0.25) is 9.39 Å². The van der Waals surface area contributed by atoms with Crippen LogP contribution in [0.3, 0.4) is 0 Å². The van der Waals surface area contributed by atoms with Crippen LogP contribution < -0.4 is 10.6 Å². The van der Waals surface area contributed by atoms with Gasteiger partial charge in [-0.15, -0.1) is 34.2 Å². The molecule has 8 heteroatoms. The molecule has 2 aromatic rings. The number of pyridine rings is 1. The van der Waals surface area contributed by atoms with Gasteiger partial charge in [0.25, 0.3) is 0 Å². The van der Waals surface area contributed by atoms with Gasteiger partial charge in [0.1, 0.15) is 5.82 Å². The van der Waals surface area contributed by atoms with Crippen molar-refractivity contribution in [2.75, 3.05) is 32.7 Å². The van der Waals surface area contributed by atoms with Gasteiger partial charge >= 0.3 is 0 Å². The van der Waals surface area contributed by atoms with E-state index in [1.54, 1.807) is 0 Å². The van der Waals surface area contributed by atoms with Gasteiger partial charge in [-0.1, -0.05) is 19.9 Å². The van der Waals surface area contributed by atoms with Crippen LogP contribution in [0.15, 0.2) is 29.4 Å². The lowest BCUT2D eigenvalue weighted by Gasteiger charge is -2.34. The van der Waals surface area contributed by atoms with E-state index >= 15 is 0 Å². The molecule has 162 valence electrons. The van der Waals surface area contributed by atoms with Gasteiger partial charge in [0.05, 0.1) is 0 Å². The fourth-order valence-electron chi connectivity index (χ4n) is 3.78. The first kappa shape index (κ1) is 23.9. The quantitative estimate of drug-likeness (QED) is 0.246. The lowest BCUT2D eigenvalue weighted by molar-refractivity contribution is 0.187. The molecular formula is C21H36IN7. The molecule has 0 aliphatic carbocycles. The number of aromatic nitrogens is 3. The third kappa shape index (κ3) is 7.40. The maximum absolute atomic E-state index is 4.78. The zero-order valence-electron chi connectivity index (χ0n) is 18.0. The van der Waals surface area contributed by atoms with Crippen molar-refractivity contribution in [1.82, 2.24) is 30.1 Å². The van der Waals surface area contributed by atoms with Crippen molar-refractivity contribution in [3.05, 3.63) is 30.2 Å². The number of likely N-dealkylation sites (tertiary alicyclic amines) is 1. The predicted molar refractivity (Wildman–Crippen MR) is 130 cm³/mol. The third-order valence-corrected chi connectivity index (χ3v) is 5.11. The minimum Gasteiger partial charge on any atom is -0.357 e. The molecule has 1 fully saturated rings. The Kier molecular flexibility index (Phi) is 10.1. The summed E-state index contributed by atoms with van der Waals surface area (Å²) in [5.41, 5.74) is 0.903. The molecule has 2 aromatic heterocycles. The monoisotopic (exact) mass is 513 g/mol. The van der Waals surface area contributed by atoms with Crippen LogP contribution in [0, 0.1) is 5.92 Å². The first-order valence-corrected chi connectivity index (χ1v) is 10.7. The molecule has 0 radical (unpaired) electrons. The number of aryl methyl sites for hydroxylation is 1. The summed E-state index contributed by atoms with van der Waals surface area (Å²) in [6, 6.07) is 6.49. The number of nitrogens with zero attached hydrogens (tertiary/aromatic N) is 5. The van der Waals surface area contributed by atoms with Gasteiger partial charge in [-0.25, -0.2) is 0 Å². The molecule has 3 rings (SSSR count). The van der Waals surface area contributed by atoms with Gasteiger partial charge in [-0.2, -0.15) is 0 Å². The molecule has 29 heavy (non-hydrogen) atoms. The minimum atomic E-state index is 0. The molecule has 0 saturated carbocycles. The predicted octanol–water partition coefficient (Wildman–Crippen LogP) is 2.96. The van der Waals surface area contributed by atoms with Crippen molar-refractivity contribution in [1.29, 1.82) is 0 Å². The van der Waals surface area contributed by atoms with E-state index in [-0.39, 0.29) is 24.0 Å². The second-order valence-electron chi connectivity index (χ2n) is 8.02. The number of guanidine groups is 1. The lowest BCUT2D eigenvalue weighted by Crippen LogP contribution is -2.49. The van der Waals surface area contributed by atoms with Crippen LogP contribution >= 0.6 is 24.0 Å². The molecule has 7 nitrogen and oxygen atoms in total. The van der Waals surface area contributed by atoms with E-state index in [1.165, 1.54) is 32.5 Å². The summed E-state index contributed by atoms with van der Waals surface area (Å²) in [4.78, 5) is 7.36. The fourth-order valence-corrected chi connectivity index (χ4v) is 3.78. The molecule has 0 spiro atoms. The number of aliphatic imine (C=N–C) groups is 1. The topological polar surface area (TPSA) is 69.8 Å². The maximum atomic E-state index is 4.78. The molecule has 0 bridgehead atoms. The molecule has 0 aromatic carbocycles. The fraction of sp³-hybridized carbons (Fsp3) is 0.667. The summed E-state index contributed by atoms with van der Waals surface area (Å²) < 4.78 is 2.05. The van der Waals surface area contributed by atoms with E-state index in [9.17, 15) is 0 Å². The van der Waals surface area contributed by atoms with Crippen LogP contribution in [0.25, 0.3) is 5.65 Å². The van der Waals surface area contributed by atoms with Crippen molar-refractivity contribution >= 4 is 35.6 Å². The van der Waals surface area contributed by atoms with E-state index in [4.69, 9.17) is 4.99 Å². The number of nitrogens with one attached hydrogen (secondary N) is 2. The largest absolute Gasteiger partial charge is 0.357 e. The van der Waals surface area contributed by atoms with Crippen LogP contribution in [0.5, 0.6) is 0 Å². The van der Waals surface area contributed by atoms with Crippen LogP contribution in [-0.2, 0) is 6.42 Å². The highest BCUT2D eigenvalue weighted by Crippen LogP contribution is 2.12. The van der Waals surface area contributed by atoms with Crippen molar-refractivity contribution in [2.45, 2.75) is 52.5 Å². The number of fused-ring (bicyclic) bond motifs is 1. The van der Waals surface area contributed by atoms with E-state index in [1.807, 2.05) is 24.4 Å². The van der Waals surface area contributed by atoms with Gasteiger partial charge in [0, 0.05) is 51.4 Å². The molecule has 2 N–H and O–H groups in total. The average molecular weight is 513 g/mol. The van der Waals surface area contributed by atoms with Gasteiger partial charge in [0.2, 0.25) is 0 Å². The van der Waals surface area contributed by atoms with Gasteiger partial charge in [-0.05, 0) is 44.2 Å². The van der Waals surface area contributed by atoms with Gasteiger partial charge in [0.15, 0.2) is 11.6 Å². The van der Waals surface area contributed by atoms with Crippen molar-refractivity contribution < 1.29 is 0 Å². The number of piperidine rings is 1. The Labute approximate surface area is 191 Å². The highest BCUT2D eigenvalue weighted by molar-refractivity contribution is 14.0. The number of hydrogen-bond acceptors (Lipinski definition) is 4. The molecular weight excluding hydrogens is 477 g/mol. The first-order valence-electron chi connectivity index (χ1n) is 10.7. The molecule has 0 unspecified atom stereocenters. The van der Waals surface area contributed by atoms with Crippen molar-refractivity contribution in [3.8, 4) is 0 Å². The molecule has 1 saturated heterocycles. The molecule has 3 heterocycles. The minimum absolute atomic E-state index is 0. The Morgan fingerprint density at radius 1 is 1.24 bits per heavy atom. The Bertz CT molecular complexity index is 750. The second kappa shape index (κ2) is 12.3. The number of hydrogen-bond donors (Lipinski definition) is 2. The zero-order valence-corrected chi connectivity index (χ0v) is 20.3. The first-order chi connectivity index (χ1) is 13.7. The maximum Gasteiger partial charge on any atom is 0.191 e. The Hall–Kier alpha value is -1.42. The molecule has 0 atom stereocenters. The average Bonchev–Trinajstić information content (AvgIpc) is 3.09. The van der Waals surface area contributed by atoms with E-state index in [0.717, 1.165) is 49.3 Å². The smallest absolute Gasteiger partial charge is 0.191 e. The zero-order chi connectivity index (χ0) is 19.8. The highest BCUT2D eigenvalue weighted by atomic mass is 127. The van der Waals surface area contributed by atoms with E-state index in [0.29, 0.717) is 6.04 Å². The van der Waals surface area contributed by atoms with Gasteiger partial charge < -0.3 is 15.5 Å². The molecule has 0 amide bonds. The van der Waals surface area contributed by atoms with E-state index < -0.39 is 0 Å². The highest BCUT2D eigenvalue weighted by Gasteiger charge is 2.20. The Morgan fingerprint density at radius 2 is 2.03 bits per heavy atom. The molecule has 1 aliphatic rings. The Morgan fingerprint density at radius 3 is 2.76 bits per heavy atom. The van der Waals surface area contributed by atoms with E-state index in [2.05, 4.69) is 50.9 Å². The summed E-state index contributed by atoms with van der Waals surface area (Å²) in [5, 5.41) is 15.5.